The molecule has 1 aliphatic heterocycles. The first-order valence-electron chi connectivity index (χ1n) is 11.3. The van der Waals surface area contributed by atoms with E-state index in [4.69, 9.17) is 9.26 Å². The van der Waals surface area contributed by atoms with Crippen LogP contribution in [-0.4, -0.2) is 40.2 Å². The molecule has 34 heavy (non-hydrogen) atoms. The standard InChI is InChI=1S/C26H28FN3O4/c1-26(2,3)33-25(32)28-22(15-17-7-5-4-6-8-17)24(31)30-14-13-21-20(16-30)23(34-29-21)18-9-11-19(27)12-10-18/h4-12,22H,13-16H2,1-3H3,(H,28,32). The number of nitrogens with zero attached hydrogens (tertiary/aromatic N) is 2. The molecule has 0 bridgehead atoms. The van der Waals surface area contributed by atoms with Crippen LogP contribution in [0.15, 0.2) is 59.1 Å². The highest BCUT2D eigenvalue weighted by Gasteiger charge is 2.33. The normalized spacial score (nSPS) is 14.3. The fraction of sp³-hybridized carbons (Fsp3) is 0.346. The lowest BCUT2D eigenvalue weighted by molar-refractivity contribution is -0.134. The minimum atomic E-state index is -0.798. The van der Waals surface area contributed by atoms with Gasteiger partial charge in [0.1, 0.15) is 17.5 Å². The third-order valence-corrected chi connectivity index (χ3v) is 5.53. The zero-order valence-electron chi connectivity index (χ0n) is 19.5. The zero-order chi connectivity index (χ0) is 24.3. The molecule has 0 saturated carbocycles. The molecule has 0 spiro atoms. The van der Waals surface area contributed by atoms with Crippen molar-refractivity contribution in [1.29, 1.82) is 0 Å². The summed E-state index contributed by atoms with van der Waals surface area (Å²) in [4.78, 5) is 27.8. The summed E-state index contributed by atoms with van der Waals surface area (Å²) in [6.45, 7) is 6.05. The van der Waals surface area contributed by atoms with Crippen LogP contribution in [-0.2, 0) is 28.9 Å². The summed E-state index contributed by atoms with van der Waals surface area (Å²) >= 11 is 0. The Bertz CT molecular complexity index is 1150. The van der Waals surface area contributed by atoms with Crippen LogP contribution in [0, 0.1) is 5.82 Å². The minimum absolute atomic E-state index is 0.216. The Morgan fingerprint density at radius 3 is 2.53 bits per heavy atom. The lowest BCUT2D eigenvalue weighted by atomic mass is 9.99. The molecule has 1 aromatic heterocycles. The van der Waals surface area contributed by atoms with Crippen molar-refractivity contribution in [3.63, 3.8) is 0 Å². The van der Waals surface area contributed by atoms with Crippen molar-refractivity contribution in [3.05, 3.63) is 77.2 Å². The summed E-state index contributed by atoms with van der Waals surface area (Å²) in [6, 6.07) is 14.7. The molecule has 2 aromatic carbocycles. The maximum Gasteiger partial charge on any atom is 0.408 e. The average Bonchev–Trinajstić information content (AvgIpc) is 3.21. The number of aromatic nitrogens is 1. The summed E-state index contributed by atoms with van der Waals surface area (Å²) < 4.78 is 24.3. The highest BCUT2D eigenvalue weighted by Crippen LogP contribution is 2.31. The molecular weight excluding hydrogens is 437 g/mol. The number of benzene rings is 2. The van der Waals surface area contributed by atoms with Gasteiger partial charge >= 0.3 is 6.09 Å². The fourth-order valence-corrected chi connectivity index (χ4v) is 3.95. The van der Waals surface area contributed by atoms with Crippen molar-refractivity contribution in [1.82, 2.24) is 15.4 Å². The lowest BCUT2D eigenvalue weighted by Crippen LogP contribution is -2.51. The van der Waals surface area contributed by atoms with Gasteiger partial charge in [-0.2, -0.15) is 0 Å². The maximum atomic E-state index is 13.6. The Morgan fingerprint density at radius 1 is 1.15 bits per heavy atom. The molecule has 1 atom stereocenters. The SMILES string of the molecule is CC(C)(C)OC(=O)NC(Cc1ccccc1)C(=O)N1CCc2noc(-c3ccc(F)cc3)c2C1. The number of nitrogens with one attached hydrogen (secondary N) is 1. The van der Waals surface area contributed by atoms with Crippen LogP contribution in [0.1, 0.15) is 37.6 Å². The van der Waals surface area contributed by atoms with Gasteiger partial charge in [0.05, 0.1) is 12.2 Å². The number of carbonyl (C=O) groups is 2. The van der Waals surface area contributed by atoms with Crippen molar-refractivity contribution in [2.45, 2.75) is 51.8 Å². The molecular formula is C26H28FN3O4. The zero-order valence-corrected chi connectivity index (χ0v) is 19.5. The van der Waals surface area contributed by atoms with Crippen molar-refractivity contribution in [2.24, 2.45) is 0 Å². The first-order valence-corrected chi connectivity index (χ1v) is 11.3. The number of rotatable bonds is 5. The molecule has 0 saturated heterocycles. The first kappa shape index (κ1) is 23.5. The van der Waals surface area contributed by atoms with Gasteiger partial charge in [0.15, 0.2) is 5.76 Å². The lowest BCUT2D eigenvalue weighted by Gasteiger charge is -2.31. The van der Waals surface area contributed by atoms with Crippen LogP contribution < -0.4 is 5.32 Å². The molecule has 2 amide bonds. The third kappa shape index (κ3) is 5.62. The molecule has 0 aliphatic carbocycles. The summed E-state index contributed by atoms with van der Waals surface area (Å²) in [6.07, 6.45) is 0.212. The van der Waals surface area contributed by atoms with Crippen molar-refractivity contribution in [3.8, 4) is 11.3 Å². The number of amides is 2. The van der Waals surface area contributed by atoms with E-state index >= 15 is 0 Å². The third-order valence-electron chi connectivity index (χ3n) is 5.53. The summed E-state index contributed by atoms with van der Waals surface area (Å²) in [5.41, 5.74) is 2.51. The topological polar surface area (TPSA) is 84.7 Å². The second kappa shape index (κ2) is 9.67. The number of fused-ring (bicyclic) bond motifs is 1. The van der Waals surface area contributed by atoms with E-state index in [1.807, 2.05) is 30.3 Å². The van der Waals surface area contributed by atoms with E-state index in [1.54, 1.807) is 37.8 Å². The molecule has 2 heterocycles. The van der Waals surface area contributed by atoms with E-state index in [0.717, 1.165) is 16.8 Å². The molecule has 1 unspecified atom stereocenters. The Balaban J connectivity index is 1.55. The Morgan fingerprint density at radius 2 is 1.85 bits per heavy atom. The van der Waals surface area contributed by atoms with E-state index in [0.29, 0.717) is 30.7 Å². The van der Waals surface area contributed by atoms with Crippen LogP contribution in [0.5, 0.6) is 0 Å². The molecule has 7 nitrogen and oxygen atoms in total. The van der Waals surface area contributed by atoms with Gasteiger partial charge < -0.3 is 19.5 Å². The Labute approximate surface area is 197 Å². The van der Waals surface area contributed by atoms with Crippen LogP contribution in [0.4, 0.5) is 9.18 Å². The van der Waals surface area contributed by atoms with Gasteiger partial charge in [-0.05, 0) is 50.6 Å². The van der Waals surface area contributed by atoms with E-state index in [2.05, 4.69) is 10.5 Å². The van der Waals surface area contributed by atoms with Crippen molar-refractivity contribution < 1.29 is 23.2 Å². The summed E-state index contributed by atoms with van der Waals surface area (Å²) in [5, 5.41) is 6.91. The van der Waals surface area contributed by atoms with Gasteiger partial charge in [-0.1, -0.05) is 35.5 Å². The number of hydrogen-bond acceptors (Lipinski definition) is 5. The number of hydrogen-bond donors (Lipinski definition) is 1. The molecule has 4 rings (SSSR count). The highest BCUT2D eigenvalue weighted by atomic mass is 19.1. The largest absolute Gasteiger partial charge is 0.444 e. The Hall–Kier alpha value is -3.68. The first-order chi connectivity index (χ1) is 16.2. The molecule has 0 fully saturated rings. The van der Waals surface area contributed by atoms with Crippen molar-refractivity contribution >= 4 is 12.0 Å². The number of alkyl carbamates (subject to hydrolysis) is 1. The van der Waals surface area contributed by atoms with Gasteiger partial charge in [-0.3, -0.25) is 4.79 Å². The van der Waals surface area contributed by atoms with Gasteiger partial charge in [-0.25, -0.2) is 9.18 Å². The van der Waals surface area contributed by atoms with Crippen LogP contribution in [0.3, 0.4) is 0 Å². The van der Waals surface area contributed by atoms with Crippen LogP contribution >= 0.6 is 0 Å². The summed E-state index contributed by atoms with van der Waals surface area (Å²) in [5.74, 6) is -0.0373. The predicted octanol–water partition coefficient (Wildman–Crippen LogP) is 4.50. The number of carbonyl (C=O) groups excluding carboxylic acids is 2. The molecule has 8 heteroatoms. The van der Waals surface area contributed by atoms with E-state index < -0.39 is 17.7 Å². The monoisotopic (exact) mass is 465 g/mol. The van der Waals surface area contributed by atoms with Gasteiger partial charge in [0, 0.05) is 30.5 Å². The summed E-state index contributed by atoms with van der Waals surface area (Å²) in [7, 11) is 0. The molecule has 1 N–H and O–H groups in total. The minimum Gasteiger partial charge on any atom is -0.444 e. The highest BCUT2D eigenvalue weighted by molar-refractivity contribution is 5.86. The number of ether oxygens (including phenoxy) is 1. The van der Waals surface area contributed by atoms with Gasteiger partial charge in [0.2, 0.25) is 5.91 Å². The smallest absolute Gasteiger partial charge is 0.408 e. The van der Waals surface area contributed by atoms with E-state index in [-0.39, 0.29) is 18.3 Å². The fourth-order valence-electron chi connectivity index (χ4n) is 3.95. The van der Waals surface area contributed by atoms with E-state index in [9.17, 15) is 14.0 Å². The number of halogens is 1. The second-order valence-corrected chi connectivity index (χ2v) is 9.34. The van der Waals surface area contributed by atoms with Crippen LogP contribution in [0.25, 0.3) is 11.3 Å². The molecule has 3 aromatic rings. The average molecular weight is 466 g/mol. The van der Waals surface area contributed by atoms with Crippen molar-refractivity contribution in [2.75, 3.05) is 6.54 Å². The molecule has 178 valence electrons. The van der Waals surface area contributed by atoms with Gasteiger partial charge in [-0.15, -0.1) is 0 Å². The second-order valence-electron chi connectivity index (χ2n) is 9.34. The maximum absolute atomic E-state index is 13.6. The van der Waals surface area contributed by atoms with Gasteiger partial charge in [0.25, 0.3) is 0 Å². The molecule has 0 radical (unpaired) electrons. The molecule has 1 aliphatic rings. The quantitative estimate of drug-likeness (QED) is 0.600. The Kier molecular flexibility index (Phi) is 6.68. The van der Waals surface area contributed by atoms with E-state index in [1.165, 1.54) is 12.1 Å². The van der Waals surface area contributed by atoms with Crippen LogP contribution in [0.2, 0.25) is 0 Å². The predicted molar refractivity (Wildman–Crippen MR) is 124 cm³/mol.